The molecule has 1 fully saturated rings. The summed E-state index contributed by atoms with van der Waals surface area (Å²) < 4.78 is 5.62. The Labute approximate surface area is 157 Å². The van der Waals surface area contributed by atoms with E-state index in [0.29, 0.717) is 17.8 Å². The van der Waals surface area contributed by atoms with Crippen molar-refractivity contribution >= 4 is 28.5 Å². The molecule has 5 nitrogen and oxygen atoms in total. The summed E-state index contributed by atoms with van der Waals surface area (Å²) in [4.78, 5) is 31.2. The Hall–Kier alpha value is -3.21. The Kier molecular flexibility index (Phi) is 4.36. The van der Waals surface area contributed by atoms with Gasteiger partial charge in [-0.05, 0) is 43.2 Å². The van der Waals surface area contributed by atoms with Gasteiger partial charge in [0.15, 0.2) is 5.75 Å². The van der Waals surface area contributed by atoms with Gasteiger partial charge in [0.05, 0.1) is 5.92 Å². The van der Waals surface area contributed by atoms with Gasteiger partial charge in [-0.25, -0.2) is 0 Å². The molecular formula is C22H20N2O3. The van der Waals surface area contributed by atoms with Crippen molar-refractivity contribution in [2.24, 2.45) is 5.92 Å². The molecule has 0 aliphatic carbocycles. The molecule has 5 heteroatoms. The first-order chi connectivity index (χ1) is 13.0. The van der Waals surface area contributed by atoms with Crippen LogP contribution in [0.25, 0.3) is 10.9 Å². The van der Waals surface area contributed by atoms with E-state index in [4.69, 9.17) is 4.74 Å². The highest BCUT2D eigenvalue weighted by Gasteiger charge is 2.37. The van der Waals surface area contributed by atoms with Gasteiger partial charge in [0, 0.05) is 30.2 Å². The maximum absolute atomic E-state index is 12.7. The van der Waals surface area contributed by atoms with Gasteiger partial charge in [-0.3, -0.25) is 14.6 Å². The lowest BCUT2D eigenvalue weighted by atomic mass is 10.1. The number of hydrogen-bond acceptors (Lipinski definition) is 4. The van der Waals surface area contributed by atoms with E-state index in [1.807, 2.05) is 56.3 Å². The van der Waals surface area contributed by atoms with Crippen LogP contribution in [0, 0.1) is 19.8 Å². The predicted octanol–water partition coefficient (Wildman–Crippen LogP) is 3.81. The number of aromatic nitrogens is 1. The average molecular weight is 360 g/mol. The second kappa shape index (κ2) is 6.83. The number of aryl methyl sites for hydroxylation is 1. The summed E-state index contributed by atoms with van der Waals surface area (Å²) in [5.74, 6) is -0.511. The van der Waals surface area contributed by atoms with Gasteiger partial charge in [-0.15, -0.1) is 0 Å². The number of fused-ring (bicyclic) bond motifs is 1. The van der Waals surface area contributed by atoms with Crippen LogP contribution in [0.4, 0.5) is 5.69 Å². The topological polar surface area (TPSA) is 59.5 Å². The summed E-state index contributed by atoms with van der Waals surface area (Å²) in [5.41, 5.74) is 3.68. The molecule has 1 atom stereocenters. The van der Waals surface area contributed by atoms with Gasteiger partial charge in [0.2, 0.25) is 5.91 Å². The minimum atomic E-state index is -0.489. The Morgan fingerprint density at radius 1 is 1.11 bits per heavy atom. The van der Waals surface area contributed by atoms with Crippen molar-refractivity contribution in [1.29, 1.82) is 0 Å². The lowest BCUT2D eigenvalue weighted by Crippen LogP contribution is -2.28. The SMILES string of the molecule is Cc1cccc(N2C[C@@H](C(=O)Oc3cccc4cccnc34)CC2=O)c1C. The van der Waals surface area contributed by atoms with Crippen LogP contribution in [0.3, 0.4) is 0 Å². The minimum Gasteiger partial charge on any atom is -0.424 e. The first-order valence-corrected chi connectivity index (χ1v) is 8.96. The number of nitrogens with zero attached hydrogens (tertiary/aromatic N) is 2. The highest BCUT2D eigenvalue weighted by Crippen LogP contribution is 2.31. The molecule has 0 spiro atoms. The summed E-state index contributed by atoms with van der Waals surface area (Å²) in [5, 5.41) is 0.905. The number of ether oxygens (including phenoxy) is 1. The lowest BCUT2D eigenvalue weighted by Gasteiger charge is -2.20. The first kappa shape index (κ1) is 17.2. The predicted molar refractivity (Wildman–Crippen MR) is 104 cm³/mol. The molecule has 136 valence electrons. The maximum Gasteiger partial charge on any atom is 0.316 e. The quantitative estimate of drug-likeness (QED) is 0.526. The van der Waals surface area contributed by atoms with Crippen LogP contribution in [0.5, 0.6) is 5.75 Å². The van der Waals surface area contributed by atoms with Crippen LogP contribution in [0.1, 0.15) is 17.5 Å². The number of amides is 1. The number of carbonyl (C=O) groups excluding carboxylic acids is 2. The summed E-state index contributed by atoms with van der Waals surface area (Å²) in [6.07, 6.45) is 1.82. The number of para-hydroxylation sites is 1. The lowest BCUT2D eigenvalue weighted by molar-refractivity contribution is -0.139. The minimum absolute atomic E-state index is 0.0540. The van der Waals surface area contributed by atoms with Gasteiger partial charge in [-0.1, -0.05) is 30.3 Å². The molecule has 0 saturated carbocycles. The third-order valence-corrected chi connectivity index (χ3v) is 5.13. The Balaban J connectivity index is 1.55. The number of pyridine rings is 1. The van der Waals surface area contributed by atoms with Crippen LogP contribution >= 0.6 is 0 Å². The Morgan fingerprint density at radius 2 is 1.89 bits per heavy atom. The molecule has 2 aromatic carbocycles. The van der Waals surface area contributed by atoms with E-state index >= 15 is 0 Å². The largest absolute Gasteiger partial charge is 0.424 e. The van der Waals surface area contributed by atoms with E-state index in [9.17, 15) is 9.59 Å². The third-order valence-electron chi connectivity index (χ3n) is 5.13. The maximum atomic E-state index is 12.7. The van der Waals surface area contributed by atoms with Crippen LogP contribution in [0.2, 0.25) is 0 Å². The van der Waals surface area contributed by atoms with Crippen molar-refractivity contribution in [1.82, 2.24) is 4.98 Å². The van der Waals surface area contributed by atoms with Crippen molar-refractivity contribution in [2.75, 3.05) is 11.4 Å². The van der Waals surface area contributed by atoms with Crippen LogP contribution in [-0.4, -0.2) is 23.4 Å². The van der Waals surface area contributed by atoms with Crippen molar-refractivity contribution < 1.29 is 14.3 Å². The molecule has 1 saturated heterocycles. The van der Waals surface area contributed by atoms with Gasteiger partial charge < -0.3 is 9.64 Å². The molecule has 27 heavy (non-hydrogen) atoms. The Morgan fingerprint density at radius 3 is 2.74 bits per heavy atom. The third kappa shape index (κ3) is 3.16. The fraction of sp³-hybridized carbons (Fsp3) is 0.227. The zero-order valence-electron chi connectivity index (χ0n) is 15.3. The highest BCUT2D eigenvalue weighted by atomic mass is 16.5. The zero-order chi connectivity index (χ0) is 19.0. The number of anilines is 1. The summed E-state index contributed by atoms with van der Waals surface area (Å²) in [7, 11) is 0. The summed E-state index contributed by atoms with van der Waals surface area (Å²) in [6.45, 7) is 4.34. The van der Waals surface area contributed by atoms with E-state index in [1.54, 1.807) is 17.2 Å². The normalized spacial score (nSPS) is 16.7. The van der Waals surface area contributed by atoms with Gasteiger partial charge in [0.1, 0.15) is 5.52 Å². The van der Waals surface area contributed by atoms with Crippen molar-refractivity contribution in [2.45, 2.75) is 20.3 Å². The van der Waals surface area contributed by atoms with Gasteiger partial charge in [0.25, 0.3) is 0 Å². The molecule has 0 radical (unpaired) electrons. The molecule has 0 bridgehead atoms. The van der Waals surface area contributed by atoms with E-state index in [2.05, 4.69) is 4.98 Å². The van der Waals surface area contributed by atoms with Gasteiger partial charge in [-0.2, -0.15) is 0 Å². The van der Waals surface area contributed by atoms with Crippen molar-refractivity contribution in [3.05, 3.63) is 65.9 Å². The highest BCUT2D eigenvalue weighted by molar-refractivity contribution is 6.00. The summed E-state index contributed by atoms with van der Waals surface area (Å²) in [6, 6.07) is 15.1. The van der Waals surface area contributed by atoms with Crippen LogP contribution in [-0.2, 0) is 9.59 Å². The summed E-state index contributed by atoms with van der Waals surface area (Å²) >= 11 is 0. The monoisotopic (exact) mass is 360 g/mol. The number of carbonyl (C=O) groups is 2. The molecule has 0 N–H and O–H groups in total. The fourth-order valence-corrected chi connectivity index (χ4v) is 3.48. The fourth-order valence-electron chi connectivity index (χ4n) is 3.48. The van der Waals surface area contributed by atoms with Crippen LogP contribution < -0.4 is 9.64 Å². The molecule has 1 aliphatic heterocycles. The number of esters is 1. The van der Waals surface area contributed by atoms with Crippen LogP contribution in [0.15, 0.2) is 54.7 Å². The van der Waals surface area contributed by atoms with Gasteiger partial charge >= 0.3 is 5.97 Å². The molecule has 3 aromatic rings. The smallest absolute Gasteiger partial charge is 0.316 e. The van der Waals surface area contributed by atoms with E-state index in [0.717, 1.165) is 22.2 Å². The molecule has 0 unspecified atom stereocenters. The average Bonchev–Trinajstić information content (AvgIpc) is 3.06. The van der Waals surface area contributed by atoms with Crippen molar-refractivity contribution in [3.8, 4) is 5.75 Å². The van der Waals surface area contributed by atoms with Crippen molar-refractivity contribution in [3.63, 3.8) is 0 Å². The van der Waals surface area contributed by atoms with E-state index < -0.39 is 11.9 Å². The second-order valence-electron chi connectivity index (χ2n) is 6.88. The first-order valence-electron chi connectivity index (χ1n) is 8.96. The molecular weight excluding hydrogens is 340 g/mol. The molecule has 1 aromatic heterocycles. The standard InChI is InChI=1S/C22H20N2O3/c1-14-6-3-9-18(15(14)2)24-13-17(12-20(24)25)22(26)27-19-10-4-7-16-8-5-11-23-21(16)19/h3-11,17H,12-13H2,1-2H3/t17-/m0/s1. The second-order valence-corrected chi connectivity index (χ2v) is 6.88. The molecule has 4 rings (SSSR count). The number of rotatable bonds is 3. The van der Waals surface area contributed by atoms with E-state index in [1.165, 1.54) is 0 Å². The Bertz CT molecular complexity index is 1040. The molecule has 2 heterocycles. The number of benzene rings is 2. The molecule has 1 aliphatic rings. The van der Waals surface area contributed by atoms with E-state index in [-0.39, 0.29) is 12.3 Å². The number of hydrogen-bond donors (Lipinski definition) is 0. The zero-order valence-corrected chi connectivity index (χ0v) is 15.3. The molecule has 1 amide bonds.